The first-order chi connectivity index (χ1) is 12.4. The second-order valence-electron chi connectivity index (χ2n) is 6.73. The van der Waals surface area contributed by atoms with E-state index in [1.165, 1.54) is 6.92 Å². The maximum atomic E-state index is 13.0. The van der Waals surface area contributed by atoms with Gasteiger partial charge in [0.1, 0.15) is 5.75 Å². The van der Waals surface area contributed by atoms with Gasteiger partial charge in [-0.15, -0.1) is 0 Å². The van der Waals surface area contributed by atoms with Crippen LogP contribution >= 0.6 is 0 Å². The minimum Gasteiger partial charge on any atom is -0.491 e. The van der Waals surface area contributed by atoms with Crippen molar-refractivity contribution in [3.8, 4) is 5.75 Å². The van der Waals surface area contributed by atoms with Gasteiger partial charge in [0.15, 0.2) is 6.04 Å². The molecule has 0 radical (unpaired) electrons. The van der Waals surface area contributed by atoms with Crippen molar-refractivity contribution in [2.75, 3.05) is 11.9 Å². The lowest BCUT2D eigenvalue weighted by atomic mass is 10.0. The van der Waals surface area contributed by atoms with Crippen LogP contribution in [0.5, 0.6) is 5.75 Å². The Morgan fingerprint density at radius 2 is 1.96 bits per heavy atom. The fourth-order valence-corrected chi connectivity index (χ4v) is 3.24. The van der Waals surface area contributed by atoms with E-state index >= 15 is 0 Å². The van der Waals surface area contributed by atoms with Crippen molar-refractivity contribution in [3.05, 3.63) is 42.0 Å². The average Bonchev–Trinajstić information content (AvgIpc) is 2.96. The topological polar surface area (TPSA) is 76.5 Å². The highest BCUT2D eigenvalue weighted by molar-refractivity contribution is 5.97. The number of carbonyl (C=O) groups excluding carboxylic acids is 2. The number of benzene rings is 1. The number of amides is 2. The molecule has 1 N–H and O–H groups in total. The minimum absolute atomic E-state index is 0.0880. The van der Waals surface area contributed by atoms with Crippen LogP contribution in [-0.4, -0.2) is 38.9 Å². The van der Waals surface area contributed by atoms with E-state index in [-0.39, 0.29) is 17.9 Å². The summed E-state index contributed by atoms with van der Waals surface area (Å²) in [7, 11) is 1.84. The molecule has 0 saturated carbocycles. The van der Waals surface area contributed by atoms with Crippen LogP contribution in [0.2, 0.25) is 0 Å². The van der Waals surface area contributed by atoms with Crippen LogP contribution in [0.25, 0.3) is 0 Å². The molecule has 1 aromatic carbocycles. The highest BCUT2D eigenvalue weighted by atomic mass is 16.5. The van der Waals surface area contributed by atoms with Gasteiger partial charge < -0.3 is 19.5 Å². The van der Waals surface area contributed by atoms with E-state index in [2.05, 4.69) is 10.3 Å². The summed E-state index contributed by atoms with van der Waals surface area (Å²) in [5, 5.41) is 2.91. The summed E-state index contributed by atoms with van der Waals surface area (Å²) in [5.41, 5.74) is 2.29. The number of anilines is 1. The Labute approximate surface area is 153 Å². The molecule has 7 nitrogen and oxygen atoms in total. The van der Waals surface area contributed by atoms with Gasteiger partial charge in [0.2, 0.25) is 5.91 Å². The summed E-state index contributed by atoms with van der Waals surface area (Å²) in [4.78, 5) is 31.0. The number of hydrogen-bond acceptors (Lipinski definition) is 4. The van der Waals surface area contributed by atoms with Gasteiger partial charge in [0.25, 0.3) is 5.91 Å². The van der Waals surface area contributed by atoms with Crippen molar-refractivity contribution in [3.63, 3.8) is 0 Å². The molecule has 0 saturated heterocycles. The van der Waals surface area contributed by atoms with Gasteiger partial charge in [-0.3, -0.25) is 9.59 Å². The molecule has 1 atom stereocenters. The van der Waals surface area contributed by atoms with Crippen LogP contribution in [0.4, 0.5) is 5.69 Å². The predicted molar refractivity (Wildman–Crippen MR) is 97.9 cm³/mol. The number of rotatable bonds is 4. The van der Waals surface area contributed by atoms with Gasteiger partial charge in [0.05, 0.1) is 23.8 Å². The quantitative estimate of drug-likeness (QED) is 0.912. The molecule has 1 unspecified atom stereocenters. The van der Waals surface area contributed by atoms with E-state index in [9.17, 15) is 9.59 Å². The number of carbonyl (C=O) groups is 2. The van der Waals surface area contributed by atoms with E-state index in [1.54, 1.807) is 23.4 Å². The molecule has 138 valence electrons. The molecule has 2 aromatic rings. The van der Waals surface area contributed by atoms with Crippen molar-refractivity contribution >= 4 is 17.5 Å². The van der Waals surface area contributed by atoms with E-state index in [0.717, 1.165) is 17.1 Å². The fraction of sp³-hybridized carbons (Fsp3) is 0.421. The van der Waals surface area contributed by atoms with Crippen molar-refractivity contribution in [2.24, 2.45) is 7.05 Å². The number of aryl methyl sites for hydroxylation is 1. The highest BCUT2D eigenvalue weighted by Gasteiger charge is 2.37. The molecule has 7 heteroatoms. The van der Waals surface area contributed by atoms with Gasteiger partial charge in [-0.25, -0.2) is 4.98 Å². The van der Waals surface area contributed by atoms with Gasteiger partial charge in [-0.2, -0.15) is 0 Å². The van der Waals surface area contributed by atoms with Gasteiger partial charge in [-0.1, -0.05) is 0 Å². The molecule has 3 rings (SSSR count). The first kappa shape index (κ1) is 18.0. The molecule has 2 heterocycles. The Morgan fingerprint density at radius 1 is 1.27 bits per heavy atom. The predicted octanol–water partition coefficient (Wildman–Crippen LogP) is 2.29. The van der Waals surface area contributed by atoms with Crippen molar-refractivity contribution in [2.45, 2.75) is 39.3 Å². The Morgan fingerprint density at radius 3 is 2.58 bits per heavy atom. The highest BCUT2D eigenvalue weighted by Crippen LogP contribution is 2.30. The summed E-state index contributed by atoms with van der Waals surface area (Å²) in [6.07, 6.45) is 2.43. The Hall–Kier alpha value is -2.83. The number of nitrogens with zero attached hydrogens (tertiary/aromatic N) is 3. The summed E-state index contributed by atoms with van der Waals surface area (Å²) in [5.74, 6) is 0.370. The lowest BCUT2D eigenvalue weighted by Crippen LogP contribution is -2.45. The molecule has 1 aromatic heterocycles. The zero-order valence-corrected chi connectivity index (χ0v) is 15.5. The van der Waals surface area contributed by atoms with Crippen LogP contribution < -0.4 is 10.1 Å². The molecule has 26 heavy (non-hydrogen) atoms. The average molecular weight is 356 g/mol. The molecule has 1 aliphatic rings. The zero-order chi connectivity index (χ0) is 18.8. The second-order valence-corrected chi connectivity index (χ2v) is 6.73. The zero-order valence-electron chi connectivity index (χ0n) is 15.5. The van der Waals surface area contributed by atoms with Crippen LogP contribution in [0.1, 0.15) is 38.2 Å². The van der Waals surface area contributed by atoms with Gasteiger partial charge in [0, 0.05) is 32.6 Å². The maximum Gasteiger partial charge on any atom is 0.253 e. The third-order valence-corrected chi connectivity index (χ3v) is 4.37. The molecule has 2 amide bonds. The number of ether oxygens (including phenoxy) is 1. The molecular weight excluding hydrogens is 332 g/mol. The Balaban J connectivity index is 1.83. The molecule has 0 bridgehead atoms. The maximum absolute atomic E-state index is 13.0. The van der Waals surface area contributed by atoms with E-state index in [4.69, 9.17) is 4.74 Å². The van der Waals surface area contributed by atoms with Crippen LogP contribution in [0.3, 0.4) is 0 Å². The van der Waals surface area contributed by atoms with E-state index in [1.807, 2.05) is 37.6 Å². The Kier molecular flexibility index (Phi) is 4.97. The molecule has 1 aliphatic heterocycles. The van der Waals surface area contributed by atoms with Crippen molar-refractivity contribution < 1.29 is 14.3 Å². The number of hydrogen-bond donors (Lipinski definition) is 1. The number of nitrogens with one attached hydrogen (secondary N) is 1. The molecular formula is C19H24N4O3. The SMILES string of the molecule is CC(=O)N1CCc2ncn(C)c2C1C(=O)Nc1ccc(OC(C)C)cc1. The second kappa shape index (κ2) is 7.19. The summed E-state index contributed by atoms with van der Waals surface area (Å²) in [6.45, 7) is 5.89. The number of imidazole rings is 1. The third kappa shape index (κ3) is 3.56. The fourth-order valence-electron chi connectivity index (χ4n) is 3.24. The van der Waals surface area contributed by atoms with Crippen LogP contribution in [0.15, 0.2) is 30.6 Å². The molecule has 0 fully saturated rings. The standard InChI is InChI=1S/C19H24N4O3/c1-12(2)26-15-7-5-14(6-8-15)21-19(25)18-17-16(20-11-22(17)4)9-10-23(18)13(3)24/h5-8,11-12,18H,9-10H2,1-4H3,(H,21,25). The summed E-state index contributed by atoms with van der Waals surface area (Å²) in [6, 6.07) is 6.53. The summed E-state index contributed by atoms with van der Waals surface area (Å²) < 4.78 is 7.43. The van der Waals surface area contributed by atoms with Crippen molar-refractivity contribution in [1.29, 1.82) is 0 Å². The minimum atomic E-state index is -0.685. The molecule has 0 spiro atoms. The van der Waals surface area contributed by atoms with Gasteiger partial charge >= 0.3 is 0 Å². The van der Waals surface area contributed by atoms with Crippen LogP contribution in [-0.2, 0) is 23.1 Å². The molecule has 0 aliphatic carbocycles. The number of aromatic nitrogens is 2. The number of fused-ring (bicyclic) bond motifs is 1. The monoisotopic (exact) mass is 356 g/mol. The smallest absolute Gasteiger partial charge is 0.253 e. The van der Waals surface area contributed by atoms with Crippen LogP contribution in [0, 0.1) is 0 Å². The van der Waals surface area contributed by atoms with E-state index < -0.39 is 6.04 Å². The first-order valence-electron chi connectivity index (χ1n) is 8.71. The largest absolute Gasteiger partial charge is 0.491 e. The van der Waals surface area contributed by atoms with Gasteiger partial charge in [-0.05, 0) is 38.1 Å². The van der Waals surface area contributed by atoms with Crippen molar-refractivity contribution in [1.82, 2.24) is 14.5 Å². The van der Waals surface area contributed by atoms with E-state index in [0.29, 0.717) is 18.7 Å². The third-order valence-electron chi connectivity index (χ3n) is 4.37. The summed E-state index contributed by atoms with van der Waals surface area (Å²) >= 11 is 0. The Bertz CT molecular complexity index is 811. The normalized spacial score (nSPS) is 16.3. The lowest BCUT2D eigenvalue weighted by molar-refractivity contribution is -0.137. The first-order valence-corrected chi connectivity index (χ1v) is 8.71. The lowest BCUT2D eigenvalue weighted by Gasteiger charge is -2.34.